The average Bonchev–Trinajstić information content (AvgIpc) is 3.38. The standard InChI is InChI=1S/C18H16N4O2S2/c1-2-22-17(15-4-3-9-25-15)20-21-18(22)26-11-16(23)19-13-6-5-12-7-8-24-14(12)10-13/h3-10H,2,11H2,1H3,(H,19,23). The number of hydrogen-bond donors (Lipinski definition) is 1. The van der Waals surface area contributed by atoms with Crippen LogP contribution < -0.4 is 5.32 Å². The molecule has 6 nitrogen and oxygen atoms in total. The van der Waals surface area contributed by atoms with Crippen molar-refractivity contribution >= 4 is 45.7 Å². The fourth-order valence-corrected chi connectivity index (χ4v) is 4.15. The Hall–Kier alpha value is -2.58. The van der Waals surface area contributed by atoms with Crippen molar-refractivity contribution in [1.29, 1.82) is 0 Å². The van der Waals surface area contributed by atoms with Gasteiger partial charge in [0.05, 0.1) is 16.9 Å². The highest BCUT2D eigenvalue weighted by Crippen LogP contribution is 2.27. The molecule has 0 atom stereocenters. The first-order chi connectivity index (χ1) is 12.7. The molecule has 132 valence electrons. The van der Waals surface area contributed by atoms with Gasteiger partial charge in [-0.1, -0.05) is 17.8 Å². The Bertz CT molecular complexity index is 1040. The Morgan fingerprint density at radius 2 is 2.23 bits per heavy atom. The van der Waals surface area contributed by atoms with Crippen LogP contribution in [0.4, 0.5) is 5.69 Å². The number of fused-ring (bicyclic) bond motifs is 1. The predicted molar refractivity (Wildman–Crippen MR) is 105 cm³/mol. The van der Waals surface area contributed by atoms with Crippen LogP contribution in [-0.2, 0) is 11.3 Å². The number of benzene rings is 1. The van der Waals surface area contributed by atoms with Gasteiger partial charge in [0.2, 0.25) is 5.91 Å². The summed E-state index contributed by atoms with van der Waals surface area (Å²) >= 11 is 3.01. The summed E-state index contributed by atoms with van der Waals surface area (Å²) in [7, 11) is 0. The SMILES string of the molecule is CCn1c(SCC(=O)Nc2ccc3ccoc3c2)nnc1-c1cccs1. The van der Waals surface area contributed by atoms with E-state index in [4.69, 9.17) is 4.42 Å². The first-order valence-electron chi connectivity index (χ1n) is 8.11. The minimum atomic E-state index is -0.0933. The zero-order valence-corrected chi connectivity index (χ0v) is 15.6. The number of nitrogens with zero attached hydrogens (tertiary/aromatic N) is 3. The molecule has 3 aromatic heterocycles. The van der Waals surface area contributed by atoms with Crippen LogP contribution in [0.5, 0.6) is 0 Å². The van der Waals surface area contributed by atoms with E-state index in [1.807, 2.05) is 53.3 Å². The van der Waals surface area contributed by atoms with Crippen molar-refractivity contribution in [2.75, 3.05) is 11.1 Å². The first kappa shape index (κ1) is 16.9. The molecule has 0 aliphatic rings. The Morgan fingerprint density at radius 1 is 1.31 bits per heavy atom. The molecule has 1 N–H and O–H groups in total. The minimum absolute atomic E-state index is 0.0933. The zero-order chi connectivity index (χ0) is 17.9. The fourth-order valence-electron chi connectivity index (χ4n) is 2.63. The highest BCUT2D eigenvalue weighted by Gasteiger charge is 2.15. The maximum Gasteiger partial charge on any atom is 0.234 e. The zero-order valence-electron chi connectivity index (χ0n) is 14.0. The van der Waals surface area contributed by atoms with Gasteiger partial charge in [0.1, 0.15) is 5.58 Å². The van der Waals surface area contributed by atoms with Crippen molar-refractivity contribution in [1.82, 2.24) is 14.8 Å². The van der Waals surface area contributed by atoms with Gasteiger partial charge in [-0.3, -0.25) is 4.79 Å². The van der Waals surface area contributed by atoms with Crippen molar-refractivity contribution in [2.24, 2.45) is 0 Å². The molecule has 0 spiro atoms. The van der Waals surface area contributed by atoms with E-state index in [0.29, 0.717) is 5.69 Å². The van der Waals surface area contributed by atoms with Crippen LogP contribution in [-0.4, -0.2) is 26.4 Å². The minimum Gasteiger partial charge on any atom is -0.464 e. The lowest BCUT2D eigenvalue weighted by Gasteiger charge is -2.07. The molecule has 1 amide bonds. The van der Waals surface area contributed by atoms with Gasteiger partial charge in [-0.15, -0.1) is 21.5 Å². The molecule has 4 aromatic rings. The molecule has 26 heavy (non-hydrogen) atoms. The van der Waals surface area contributed by atoms with Crippen LogP contribution in [0.15, 0.2) is 57.6 Å². The summed E-state index contributed by atoms with van der Waals surface area (Å²) in [5, 5.41) is 15.2. The molecule has 8 heteroatoms. The van der Waals surface area contributed by atoms with Crippen LogP contribution in [0, 0.1) is 0 Å². The summed E-state index contributed by atoms with van der Waals surface area (Å²) in [5.41, 5.74) is 1.47. The second kappa shape index (κ2) is 7.35. The number of nitrogens with one attached hydrogen (secondary N) is 1. The molecule has 0 bridgehead atoms. The van der Waals surface area contributed by atoms with E-state index in [1.54, 1.807) is 17.6 Å². The number of thiophene rings is 1. The summed E-state index contributed by atoms with van der Waals surface area (Å²) in [5.74, 6) is 1.01. The predicted octanol–water partition coefficient (Wildman–Crippen LogP) is 4.50. The third kappa shape index (κ3) is 3.38. The summed E-state index contributed by atoms with van der Waals surface area (Å²) < 4.78 is 7.39. The van der Waals surface area contributed by atoms with Crippen molar-refractivity contribution in [3.05, 3.63) is 48.0 Å². The Balaban J connectivity index is 1.42. The maximum atomic E-state index is 12.3. The number of furan rings is 1. The van der Waals surface area contributed by atoms with E-state index in [9.17, 15) is 4.79 Å². The lowest BCUT2D eigenvalue weighted by Crippen LogP contribution is -2.14. The molecule has 0 saturated carbocycles. The third-order valence-corrected chi connectivity index (χ3v) is 5.68. The summed E-state index contributed by atoms with van der Waals surface area (Å²) in [6.45, 7) is 2.79. The lowest BCUT2D eigenvalue weighted by molar-refractivity contribution is -0.113. The molecule has 0 saturated heterocycles. The Labute approximate surface area is 158 Å². The molecule has 0 unspecified atom stereocenters. The van der Waals surface area contributed by atoms with Crippen molar-refractivity contribution in [2.45, 2.75) is 18.6 Å². The van der Waals surface area contributed by atoms with Crippen LogP contribution in [0.2, 0.25) is 0 Å². The van der Waals surface area contributed by atoms with Gasteiger partial charge in [0, 0.05) is 23.7 Å². The molecule has 1 aromatic carbocycles. The normalized spacial score (nSPS) is 11.1. The number of aromatic nitrogens is 3. The van der Waals surface area contributed by atoms with Gasteiger partial charge >= 0.3 is 0 Å². The highest BCUT2D eigenvalue weighted by atomic mass is 32.2. The van der Waals surface area contributed by atoms with E-state index in [-0.39, 0.29) is 11.7 Å². The molecule has 4 rings (SSSR count). The van der Waals surface area contributed by atoms with Crippen LogP contribution in [0.3, 0.4) is 0 Å². The molecule has 0 fully saturated rings. The van der Waals surface area contributed by atoms with Crippen LogP contribution >= 0.6 is 23.1 Å². The highest BCUT2D eigenvalue weighted by molar-refractivity contribution is 7.99. The number of hydrogen-bond acceptors (Lipinski definition) is 6. The van der Waals surface area contributed by atoms with E-state index in [0.717, 1.165) is 33.4 Å². The topological polar surface area (TPSA) is 73.0 Å². The molecule has 0 aliphatic carbocycles. The molecule has 3 heterocycles. The quantitative estimate of drug-likeness (QED) is 0.495. The number of carbonyl (C=O) groups excluding carboxylic acids is 1. The van der Waals surface area contributed by atoms with Gasteiger partial charge in [-0.25, -0.2) is 0 Å². The number of anilines is 1. The average molecular weight is 384 g/mol. The van der Waals surface area contributed by atoms with E-state index >= 15 is 0 Å². The summed E-state index contributed by atoms with van der Waals surface area (Å²) in [4.78, 5) is 13.3. The van der Waals surface area contributed by atoms with Crippen molar-refractivity contribution < 1.29 is 9.21 Å². The Morgan fingerprint density at radius 3 is 3.04 bits per heavy atom. The summed E-state index contributed by atoms with van der Waals surface area (Å²) in [6.07, 6.45) is 1.63. The van der Waals surface area contributed by atoms with Crippen LogP contribution in [0.25, 0.3) is 21.7 Å². The second-order valence-corrected chi connectivity index (χ2v) is 7.43. The van der Waals surface area contributed by atoms with Gasteiger partial charge in [0.15, 0.2) is 11.0 Å². The monoisotopic (exact) mass is 384 g/mol. The van der Waals surface area contributed by atoms with Gasteiger partial charge in [-0.2, -0.15) is 0 Å². The van der Waals surface area contributed by atoms with Crippen molar-refractivity contribution in [3.8, 4) is 10.7 Å². The second-order valence-electron chi connectivity index (χ2n) is 5.54. The fraction of sp³-hybridized carbons (Fsp3) is 0.167. The molecule has 0 radical (unpaired) electrons. The van der Waals surface area contributed by atoms with Gasteiger partial charge < -0.3 is 14.3 Å². The van der Waals surface area contributed by atoms with E-state index in [1.165, 1.54) is 11.8 Å². The van der Waals surface area contributed by atoms with Gasteiger partial charge in [0.25, 0.3) is 0 Å². The smallest absolute Gasteiger partial charge is 0.234 e. The molecular formula is C18H16N4O2S2. The largest absolute Gasteiger partial charge is 0.464 e. The first-order valence-corrected chi connectivity index (χ1v) is 9.98. The Kier molecular flexibility index (Phi) is 4.77. The number of rotatable bonds is 6. The number of carbonyl (C=O) groups is 1. The third-order valence-electron chi connectivity index (χ3n) is 3.85. The lowest BCUT2D eigenvalue weighted by atomic mass is 10.2. The molecular weight excluding hydrogens is 368 g/mol. The summed E-state index contributed by atoms with van der Waals surface area (Å²) in [6, 6.07) is 11.5. The van der Waals surface area contributed by atoms with E-state index in [2.05, 4.69) is 15.5 Å². The maximum absolute atomic E-state index is 12.3. The number of amides is 1. The van der Waals surface area contributed by atoms with E-state index < -0.39 is 0 Å². The van der Waals surface area contributed by atoms with Crippen molar-refractivity contribution in [3.63, 3.8) is 0 Å². The van der Waals surface area contributed by atoms with Gasteiger partial charge in [-0.05, 0) is 36.6 Å². The van der Waals surface area contributed by atoms with Crippen LogP contribution in [0.1, 0.15) is 6.92 Å². The number of thioether (sulfide) groups is 1. The molecule has 0 aliphatic heterocycles.